The summed E-state index contributed by atoms with van der Waals surface area (Å²) in [4.78, 5) is 12.3. The predicted octanol–water partition coefficient (Wildman–Crippen LogP) is 2.46. The number of sulfonamides is 1. The third kappa shape index (κ3) is 2.69. The molecule has 0 unspecified atom stereocenters. The molecule has 21 heavy (non-hydrogen) atoms. The van der Waals surface area contributed by atoms with Crippen LogP contribution in [0.1, 0.15) is 22.3 Å². The molecule has 0 bridgehead atoms. The second-order valence-corrected chi connectivity index (χ2v) is 7.00. The molecule has 2 aromatic carbocycles. The highest BCUT2D eigenvalue weighted by molar-refractivity contribution is 7.93. The molecule has 0 saturated carbocycles. The maximum absolute atomic E-state index is 12.3. The van der Waals surface area contributed by atoms with Gasteiger partial charge in [-0.1, -0.05) is 30.3 Å². The third-order valence-corrected chi connectivity index (χ3v) is 5.42. The van der Waals surface area contributed by atoms with E-state index >= 15 is 0 Å². The Morgan fingerprint density at radius 3 is 2.10 bits per heavy atom. The van der Waals surface area contributed by atoms with Crippen LogP contribution >= 0.6 is 0 Å². The fraction of sp³-hybridized carbons (Fsp3) is 0.188. The molecule has 0 spiro atoms. The molecule has 1 aliphatic heterocycles. The zero-order chi connectivity index (χ0) is 14.9. The lowest BCUT2D eigenvalue weighted by atomic mass is 10.0. The second-order valence-electron chi connectivity index (χ2n) is 4.98. The van der Waals surface area contributed by atoms with Crippen LogP contribution in [0.5, 0.6) is 0 Å². The molecule has 4 nitrogen and oxygen atoms in total. The lowest BCUT2D eigenvalue weighted by molar-refractivity contribution is 0.103. The van der Waals surface area contributed by atoms with E-state index in [1.54, 1.807) is 36.4 Å². The largest absolute Gasteiger partial charge is 0.289 e. The zero-order valence-electron chi connectivity index (χ0n) is 11.4. The Morgan fingerprint density at radius 1 is 0.905 bits per heavy atom. The van der Waals surface area contributed by atoms with Crippen molar-refractivity contribution in [2.75, 3.05) is 16.6 Å². The quantitative estimate of drug-likeness (QED) is 0.818. The molecule has 0 aromatic heterocycles. The molecule has 3 rings (SSSR count). The maximum Gasteiger partial charge on any atom is 0.235 e. The normalized spacial score (nSPS) is 16.9. The van der Waals surface area contributed by atoms with E-state index in [-0.39, 0.29) is 11.5 Å². The van der Waals surface area contributed by atoms with E-state index in [4.69, 9.17) is 0 Å². The summed E-state index contributed by atoms with van der Waals surface area (Å²) in [7, 11) is -3.18. The number of carbonyl (C=O) groups excluding carboxylic acids is 1. The van der Waals surface area contributed by atoms with Crippen molar-refractivity contribution >= 4 is 21.5 Å². The molecule has 1 fully saturated rings. The highest BCUT2D eigenvalue weighted by atomic mass is 32.2. The van der Waals surface area contributed by atoms with Crippen LogP contribution in [0.25, 0.3) is 0 Å². The molecule has 0 aliphatic carbocycles. The molecule has 0 radical (unpaired) electrons. The minimum atomic E-state index is -3.18. The second kappa shape index (κ2) is 5.33. The molecule has 108 valence electrons. The first-order valence-electron chi connectivity index (χ1n) is 6.78. The Hall–Kier alpha value is -2.14. The van der Waals surface area contributed by atoms with Crippen LogP contribution in [0, 0.1) is 0 Å². The summed E-state index contributed by atoms with van der Waals surface area (Å²) in [5.41, 5.74) is 1.80. The summed E-state index contributed by atoms with van der Waals surface area (Å²) >= 11 is 0. The minimum absolute atomic E-state index is 0.0635. The highest BCUT2D eigenvalue weighted by Gasteiger charge is 2.28. The van der Waals surface area contributed by atoms with E-state index in [0.717, 1.165) is 0 Å². The first kappa shape index (κ1) is 13.8. The number of nitrogens with zero attached hydrogens (tertiary/aromatic N) is 1. The van der Waals surface area contributed by atoms with Crippen LogP contribution in [-0.2, 0) is 10.0 Å². The molecule has 1 heterocycles. The van der Waals surface area contributed by atoms with Gasteiger partial charge in [0.15, 0.2) is 5.78 Å². The number of hydrogen-bond donors (Lipinski definition) is 0. The van der Waals surface area contributed by atoms with Gasteiger partial charge in [0.2, 0.25) is 10.0 Å². The van der Waals surface area contributed by atoms with Gasteiger partial charge in [-0.25, -0.2) is 8.42 Å². The summed E-state index contributed by atoms with van der Waals surface area (Å²) in [6.45, 7) is 0.508. The van der Waals surface area contributed by atoms with Gasteiger partial charge in [-0.3, -0.25) is 9.10 Å². The van der Waals surface area contributed by atoms with Gasteiger partial charge < -0.3 is 0 Å². The molecule has 0 atom stereocenters. The molecule has 1 aliphatic rings. The van der Waals surface area contributed by atoms with Crippen molar-refractivity contribution in [3.05, 3.63) is 65.7 Å². The van der Waals surface area contributed by atoms with Gasteiger partial charge in [-0.15, -0.1) is 0 Å². The van der Waals surface area contributed by atoms with Gasteiger partial charge in [0, 0.05) is 17.7 Å². The predicted molar refractivity (Wildman–Crippen MR) is 82.1 cm³/mol. The summed E-state index contributed by atoms with van der Waals surface area (Å²) in [5, 5.41) is 0. The van der Waals surface area contributed by atoms with Crippen LogP contribution in [0.3, 0.4) is 0 Å². The van der Waals surface area contributed by atoms with Gasteiger partial charge in [0.05, 0.1) is 11.4 Å². The van der Waals surface area contributed by atoms with E-state index < -0.39 is 10.0 Å². The van der Waals surface area contributed by atoms with Crippen molar-refractivity contribution in [2.24, 2.45) is 0 Å². The van der Waals surface area contributed by atoms with Crippen molar-refractivity contribution < 1.29 is 13.2 Å². The van der Waals surface area contributed by atoms with Crippen LogP contribution in [0.15, 0.2) is 54.6 Å². The van der Waals surface area contributed by atoms with Crippen LogP contribution in [0.2, 0.25) is 0 Å². The number of rotatable bonds is 3. The fourth-order valence-electron chi connectivity index (χ4n) is 2.46. The first-order valence-corrected chi connectivity index (χ1v) is 8.39. The van der Waals surface area contributed by atoms with E-state index in [1.165, 1.54) is 4.31 Å². The summed E-state index contributed by atoms with van der Waals surface area (Å²) in [5.74, 6) is 0.129. The van der Waals surface area contributed by atoms with Gasteiger partial charge in [-0.05, 0) is 30.7 Å². The Kier molecular flexibility index (Phi) is 3.51. The van der Waals surface area contributed by atoms with Gasteiger partial charge >= 0.3 is 0 Å². The van der Waals surface area contributed by atoms with E-state index in [9.17, 15) is 13.2 Å². The van der Waals surface area contributed by atoms with Gasteiger partial charge in [-0.2, -0.15) is 0 Å². The molecule has 5 heteroatoms. The Labute approximate surface area is 124 Å². The average Bonchev–Trinajstić information content (AvgIpc) is 2.87. The van der Waals surface area contributed by atoms with Crippen molar-refractivity contribution in [1.82, 2.24) is 0 Å². The fourth-order valence-corrected chi connectivity index (χ4v) is 4.03. The van der Waals surface area contributed by atoms with Gasteiger partial charge in [0.25, 0.3) is 0 Å². The van der Waals surface area contributed by atoms with E-state index in [2.05, 4.69) is 0 Å². The van der Waals surface area contributed by atoms with Crippen LogP contribution in [0.4, 0.5) is 5.69 Å². The number of anilines is 1. The summed E-state index contributed by atoms with van der Waals surface area (Å²) in [6, 6.07) is 15.8. The van der Waals surface area contributed by atoms with E-state index in [1.807, 2.05) is 18.2 Å². The Morgan fingerprint density at radius 2 is 1.52 bits per heavy atom. The van der Waals surface area contributed by atoms with Crippen molar-refractivity contribution in [2.45, 2.75) is 6.42 Å². The number of carbonyl (C=O) groups is 1. The first-order chi connectivity index (χ1) is 10.1. The molecule has 2 aromatic rings. The lowest BCUT2D eigenvalue weighted by Gasteiger charge is -2.16. The monoisotopic (exact) mass is 301 g/mol. The third-order valence-electron chi connectivity index (χ3n) is 3.55. The smallest absolute Gasteiger partial charge is 0.235 e. The molecular weight excluding hydrogens is 286 g/mol. The van der Waals surface area contributed by atoms with Crippen molar-refractivity contribution in [3.63, 3.8) is 0 Å². The molecule has 1 saturated heterocycles. The Bertz CT molecular complexity index is 752. The summed E-state index contributed by atoms with van der Waals surface area (Å²) in [6.07, 6.45) is 0.646. The topological polar surface area (TPSA) is 54.5 Å². The molecular formula is C16H15NO3S. The van der Waals surface area contributed by atoms with Crippen LogP contribution in [-0.4, -0.2) is 26.5 Å². The number of hydrogen-bond acceptors (Lipinski definition) is 3. The number of benzene rings is 2. The molecule has 0 amide bonds. The van der Waals surface area contributed by atoms with Crippen molar-refractivity contribution in [3.8, 4) is 0 Å². The summed E-state index contributed by atoms with van der Waals surface area (Å²) < 4.78 is 25.1. The standard InChI is InChI=1S/C16H15NO3S/c18-16(13-5-2-1-3-6-13)14-7-9-15(10-8-14)17-11-4-12-21(17,19)20/h1-3,5-10H,4,11-12H2. The zero-order valence-corrected chi connectivity index (χ0v) is 12.2. The van der Waals surface area contributed by atoms with E-state index in [0.29, 0.717) is 29.8 Å². The average molecular weight is 301 g/mol. The lowest BCUT2D eigenvalue weighted by Crippen LogP contribution is -2.25. The van der Waals surface area contributed by atoms with Gasteiger partial charge in [0.1, 0.15) is 0 Å². The maximum atomic E-state index is 12.3. The highest BCUT2D eigenvalue weighted by Crippen LogP contribution is 2.24. The SMILES string of the molecule is O=C(c1ccccc1)c1ccc(N2CCCS2(=O)=O)cc1. The minimum Gasteiger partial charge on any atom is -0.289 e. The molecule has 0 N–H and O–H groups in total. The van der Waals surface area contributed by atoms with Crippen LogP contribution < -0.4 is 4.31 Å². The number of ketones is 1. The van der Waals surface area contributed by atoms with Crippen molar-refractivity contribution in [1.29, 1.82) is 0 Å². The Balaban J connectivity index is 1.87.